The zero-order valence-corrected chi connectivity index (χ0v) is 16.5. The molecule has 0 aliphatic rings. The first-order valence-corrected chi connectivity index (χ1v) is 9.70. The highest BCUT2D eigenvalue weighted by Gasteiger charge is 2.06. The Hall–Kier alpha value is -3.80. The van der Waals surface area contributed by atoms with E-state index in [9.17, 15) is 9.59 Å². The third-order valence-corrected chi connectivity index (χ3v) is 4.27. The topological polar surface area (TPSA) is 76.7 Å². The van der Waals surface area contributed by atoms with Crippen molar-refractivity contribution in [2.45, 2.75) is 19.4 Å². The molecule has 0 aliphatic heterocycles. The van der Waals surface area contributed by atoms with Crippen molar-refractivity contribution in [2.24, 2.45) is 0 Å². The van der Waals surface area contributed by atoms with E-state index in [-0.39, 0.29) is 18.9 Å². The van der Waals surface area contributed by atoms with E-state index in [0.717, 1.165) is 11.1 Å². The summed E-state index contributed by atoms with van der Waals surface area (Å²) in [5.41, 5.74) is 6.89. The molecule has 0 saturated carbocycles. The van der Waals surface area contributed by atoms with Crippen molar-refractivity contribution in [1.82, 2.24) is 10.9 Å². The van der Waals surface area contributed by atoms with E-state index in [0.29, 0.717) is 24.5 Å². The molecular weight excluding hydrogens is 380 g/mol. The number of aryl methyl sites for hydroxylation is 1. The Labute approximate surface area is 175 Å². The van der Waals surface area contributed by atoms with Crippen LogP contribution in [0.25, 0.3) is 0 Å². The Balaban J connectivity index is 1.32. The molecule has 3 aromatic rings. The molecule has 3 rings (SSSR count). The van der Waals surface area contributed by atoms with Gasteiger partial charge in [-0.15, -0.1) is 0 Å². The van der Waals surface area contributed by atoms with Crippen LogP contribution in [0.15, 0.2) is 84.9 Å². The van der Waals surface area contributed by atoms with Crippen molar-refractivity contribution in [3.05, 3.63) is 96.1 Å². The third kappa shape index (κ3) is 7.31. The summed E-state index contributed by atoms with van der Waals surface area (Å²) in [5, 5.41) is 0. The minimum Gasteiger partial charge on any atom is -0.489 e. The first kappa shape index (κ1) is 20.9. The fourth-order valence-electron chi connectivity index (χ4n) is 2.66. The molecule has 6 heteroatoms. The predicted molar refractivity (Wildman–Crippen MR) is 114 cm³/mol. The van der Waals surface area contributed by atoms with Gasteiger partial charge in [-0.2, -0.15) is 0 Å². The Bertz CT molecular complexity index is 928. The molecule has 2 N–H and O–H groups in total. The van der Waals surface area contributed by atoms with Crippen LogP contribution in [0.5, 0.6) is 11.5 Å². The highest BCUT2D eigenvalue weighted by atomic mass is 16.5. The monoisotopic (exact) mass is 404 g/mol. The normalized spacial score (nSPS) is 10.1. The Kier molecular flexibility index (Phi) is 7.85. The summed E-state index contributed by atoms with van der Waals surface area (Å²) >= 11 is 0. The molecule has 0 heterocycles. The van der Waals surface area contributed by atoms with Gasteiger partial charge in [0.25, 0.3) is 5.91 Å². The summed E-state index contributed by atoms with van der Waals surface area (Å²) in [7, 11) is 0. The van der Waals surface area contributed by atoms with Gasteiger partial charge < -0.3 is 9.47 Å². The number of benzene rings is 3. The number of hydrazine groups is 1. The van der Waals surface area contributed by atoms with E-state index in [1.807, 2.05) is 60.7 Å². The molecular formula is C24H24N2O4. The number of nitrogens with one attached hydrogen (secondary N) is 2. The van der Waals surface area contributed by atoms with Gasteiger partial charge >= 0.3 is 0 Å². The molecule has 0 aromatic heterocycles. The highest BCUT2D eigenvalue weighted by molar-refractivity contribution is 5.82. The standard InChI is InChI=1S/C24H24N2O4/c27-23(16-11-19-7-3-1-4-8-19)25-26-24(28)18-30-22-14-12-21(13-15-22)29-17-20-9-5-2-6-10-20/h1-10,12-15H,11,16-18H2,(H,25,27)(H,26,28). The van der Waals surface area contributed by atoms with E-state index >= 15 is 0 Å². The van der Waals surface area contributed by atoms with Gasteiger partial charge in [0, 0.05) is 6.42 Å². The fraction of sp³-hybridized carbons (Fsp3) is 0.167. The number of carbonyl (C=O) groups excluding carboxylic acids is 2. The second kappa shape index (κ2) is 11.3. The lowest BCUT2D eigenvalue weighted by molar-refractivity contribution is -0.130. The zero-order chi connectivity index (χ0) is 21.0. The Morgan fingerprint density at radius 3 is 1.80 bits per heavy atom. The molecule has 0 unspecified atom stereocenters. The van der Waals surface area contributed by atoms with Crippen LogP contribution in [-0.2, 0) is 22.6 Å². The molecule has 3 aromatic carbocycles. The van der Waals surface area contributed by atoms with E-state index < -0.39 is 5.91 Å². The first-order chi connectivity index (χ1) is 14.7. The number of amides is 2. The van der Waals surface area contributed by atoms with Crippen molar-refractivity contribution in [2.75, 3.05) is 6.61 Å². The van der Waals surface area contributed by atoms with Gasteiger partial charge in [0.05, 0.1) is 0 Å². The van der Waals surface area contributed by atoms with Gasteiger partial charge in [-0.3, -0.25) is 20.4 Å². The summed E-state index contributed by atoms with van der Waals surface area (Å²) in [6, 6.07) is 26.6. The molecule has 0 fully saturated rings. The van der Waals surface area contributed by atoms with E-state index in [1.54, 1.807) is 24.3 Å². The van der Waals surface area contributed by atoms with Crippen LogP contribution < -0.4 is 20.3 Å². The highest BCUT2D eigenvalue weighted by Crippen LogP contribution is 2.18. The molecule has 0 spiro atoms. The van der Waals surface area contributed by atoms with Crippen molar-refractivity contribution >= 4 is 11.8 Å². The summed E-state index contributed by atoms with van der Waals surface area (Å²) in [4.78, 5) is 23.7. The van der Waals surface area contributed by atoms with Crippen molar-refractivity contribution in [3.63, 3.8) is 0 Å². The molecule has 0 radical (unpaired) electrons. The SMILES string of the molecule is O=C(CCc1ccccc1)NNC(=O)COc1ccc(OCc2ccccc2)cc1. The van der Waals surface area contributed by atoms with Crippen LogP contribution in [0.1, 0.15) is 17.5 Å². The number of rotatable bonds is 9. The maximum atomic E-state index is 11.8. The number of hydrogen-bond donors (Lipinski definition) is 2. The summed E-state index contributed by atoms with van der Waals surface area (Å²) in [5.74, 6) is 0.550. The second-order valence-electron chi connectivity index (χ2n) is 6.62. The van der Waals surface area contributed by atoms with Crippen LogP contribution in [0.3, 0.4) is 0 Å². The molecule has 0 saturated heterocycles. The lowest BCUT2D eigenvalue weighted by Crippen LogP contribution is -2.43. The van der Waals surface area contributed by atoms with Crippen LogP contribution >= 0.6 is 0 Å². The van der Waals surface area contributed by atoms with Crippen LogP contribution in [-0.4, -0.2) is 18.4 Å². The zero-order valence-electron chi connectivity index (χ0n) is 16.5. The maximum absolute atomic E-state index is 11.8. The molecule has 2 amide bonds. The molecule has 6 nitrogen and oxygen atoms in total. The first-order valence-electron chi connectivity index (χ1n) is 9.70. The lowest BCUT2D eigenvalue weighted by atomic mass is 10.1. The average molecular weight is 404 g/mol. The van der Waals surface area contributed by atoms with Crippen molar-refractivity contribution in [1.29, 1.82) is 0 Å². The molecule has 30 heavy (non-hydrogen) atoms. The Morgan fingerprint density at radius 2 is 1.17 bits per heavy atom. The summed E-state index contributed by atoms with van der Waals surface area (Å²) < 4.78 is 11.1. The average Bonchev–Trinajstić information content (AvgIpc) is 2.80. The van der Waals surface area contributed by atoms with Crippen LogP contribution in [0.4, 0.5) is 0 Å². The summed E-state index contributed by atoms with van der Waals surface area (Å²) in [6.45, 7) is 0.274. The number of hydrogen-bond acceptors (Lipinski definition) is 4. The van der Waals surface area contributed by atoms with E-state index in [4.69, 9.17) is 9.47 Å². The maximum Gasteiger partial charge on any atom is 0.276 e. The quantitative estimate of drug-likeness (QED) is 0.536. The fourth-order valence-corrected chi connectivity index (χ4v) is 2.66. The van der Waals surface area contributed by atoms with Crippen molar-refractivity contribution in [3.8, 4) is 11.5 Å². The van der Waals surface area contributed by atoms with Gasteiger partial charge in [-0.05, 0) is 41.8 Å². The van der Waals surface area contributed by atoms with Gasteiger partial charge in [0.2, 0.25) is 5.91 Å². The molecule has 154 valence electrons. The summed E-state index contributed by atoms with van der Waals surface area (Å²) in [6.07, 6.45) is 0.896. The van der Waals surface area contributed by atoms with Gasteiger partial charge in [0.15, 0.2) is 6.61 Å². The van der Waals surface area contributed by atoms with Gasteiger partial charge in [-0.25, -0.2) is 0 Å². The second-order valence-corrected chi connectivity index (χ2v) is 6.62. The lowest BCUT2D eigenvalue weighted by Gasteiger charge is -2.10. The number of ether oxygens (including phenoxy) is 2. The van der Waals surface area contributed by atoms with Crippen LogP contribution in [0.2, 0.25) is 0 Å². The molecule has 0 atom stereocenters. The van der Waals surface area contributed by atoms with E-state index in [2.05, 4.69) is 10.9 Å². The minimum absolute atomic E-state index is 0.205. The van der Waals surface area contributed by atoms with Crippen molar-refractivity contribution < 1.29 is 19.1 Å². The predicted octanol–water partition coefficient (Wildman–Crippen LogP) is 3.42. The largest absolute Gasteiger partial charge is 0.489 e. The molecule has 0 aliphatic carbocycles. The Morgan fingerprint density at radius 1 is 0.633 bits per heavy atom. The number of carbonyl (C=O) groups is 2. The minimum atomic E-state index is -0.438. The third-order valence-electron chi connectivity index (χ3n) is 4.27. The smallest absolute Gasteiger partial charge is 0.276 e. The van der Waals surface area contributed by atoms with Gasteiger partial charge in [-0.1, -0.05) is 60.7 Å². The molecule has 0 bridgehead atoms. The van der Waals surface area contributed by atoms with Crippen LogP contribution in [0, 0.1) is 0 Å². The van der Waals surface area contributed by atoms with Gasteiger partial charge in [0.1, 0.15) is 18.1 Å². The van der Waals surface area contributed by atoms with E-state index in [1.165, 1.54) is 0 Å².